The van der Waals surface area contributed by atoms with E-state index < -0.39 is 12.2 Å². The Bertz CT molecular complexity index is 502. The molecule has 0 unspecified atom stereocenters. The molecule has 2 aromatic rings. The summed E-state index contributed by atoms with van der Waals surface area (Å²) in [5.41, 5.74) is 2.23. The second-order valence-corrected chi connectivity index (χ2v) is 4.96. The Kier molecular flexibility index (Phi) is 5.69. The van der Waals surface area contributed by atoms with Gasteiger partial charge < -0.3 is 15.5 Å². The van der Waals surface area contributed by atoms with E-state index in [1.807, 2.05) is 60.7 Å². The number of nitrogens with one attached hydrogen (secondary N) is 1. The molecule has 0 aliphatic heterocycles. The van der Waals surface area contributed by atoms with Crippen molar-refractivity contribution in [2.24, 2.45) is 0 Å². The fraction of sp³-hybridized carbons (Fsp3) is 0.222. The molecule has 0 heterocycles. The Morgan fingerprint density at radius 3 is 1.81 bits per heavy atom. The van der Waals surface area contributed by atoms with Gasteiger partial charge in [-0.1, -0.05) is 66.7 Å². The van der Waals surface area contributed by atoms with Crippen LogP contribution >= 0.6 is 0 Å². The number of rotatable bonds is 7. The first kappa shape index (κ1) is 15.4. The maximum atomic E-state index is 9.88. The number of benzene rings is 2. The molecule has 0 aliphatic carbocycles. The minimum Gasteiger partial charge on any atom is -0.389 e. The van der Waals surface area contributed by atoms with Crippen LogP contribution in [0.3, 0.4) is 0 Å². The highest BCUT2D eigenvalue weighted by Crippen LogP contribution is 2.21. The van der Waals surface area contributed by atoms with Crippen LogP contribution in [0.15, 0.2) is 73.3 Å². The second-order valence-electron chi connectivity index (χ2n) is 4.96. The van der Waals surface area contributed by atoms with Crippen LogP contribution in [-0.4, -0.2) is 29.0 Å². The van der Waals surface area contributed by atoms with Crippen LogP contribution in [-0.2, 0) is 0 Å². The van der Waals surface area contributed by atoms with Gasteiger partial charge in [-0.15, -0.1) is 6.58 Å². The quantitative estimate of drug-likeness (QED) is 0.683. The van der Waals surface area contributed by atoms with Crippen molar-refractivity contribution in [2.75, 3.05) is 6.54 Å². The molecular formula is C18H21NO2. The summed E-state index contributed by atoms with van der Waals surface area (Å²) in [5.74, 6) is 0. The molecule has 3 nitrogen and oxygen atoms in total. The molecule has 0 aromatic heterocycles. The minimum absolute atomic E-state index is 0.0286. The molecule has 0 fully saturated rings. The molecule has 0 bridgehead atoms. The van der Waals surface area contributed by atoms with Gasteiger partial charge in [0.1, 0.15) is 0 Å². The van der Waals surface area contributed by atoms with Gasteiger partial charge in [-0.05, 0) is 11.1 Å². The van der Waals surface area contributed by atoms with Crippen LogP contribution in [0.4, 0.5) is 0 Å². The summed E-state index contributed by atoms with van der Waals surface area (Å²) in [4.78, 5) is 0. The van der Waals surface area contributed by atoms with Crippen molar-refractivity contribution in [3.63, 3.8) is 0 Å². The van der Waals surface area contributed by atoms with Gasteiger partial charge in [0.2, 0.25) is 0 Å². The van der Waals surface area contributed by atoms with Gasteiger partial charge in [0, 0.05) is 6.54 Å². The molecule has 0 radical (unpaired) electrons. The van der Waals surface area contributed by atoms with Crippen molar-refractivity contribution in [1.82, 2.24) is 5.32 Å². The lowest BCUT2D eigenvalue weighted by molar-refractivity contribution is 0.0481. The molecule has 0 amide bonds. The molecule has 0 aliphatic rings. The minimum atomic E-state index is -0.926. The molecule has 21 heavy (non-hydrogen) atoms. The van der Waals surface area contributed by atoms with E-state index in [1.54, 1.807) is 0 Å². The molecule has 0 spiro atoms. The summed E-state index contributed by atoms with van der Waals surface area (Å²) in [7, 11) is 0. The number of aliphatic hydroxyl groups is 2. The van der Waals surface area contributed by atoms with E-state index in [-0.39, 0.29) is 12.6 Å². The van der Waals surface area contributed by atoms with E-state index in [0.29, 0.717) is 0 Å². The van der Waals surface area contributed by atoms with Gasteiger partial charge in [0.25, 0.3) is 0 Å². The Morgan fingerprint density at radius 2 is 1.38 bits per heavy atom. The molecule has 110 valence electrons. The van der Waals surface area contributed by atoms with Crippen molar-refractivity contribution in [3.8, 4) is 0 Å². The highest BCUT2D eigenvalue weighted by Gasteiger charge is 2.17. The van der Waals surface area contributed by atoms with E-state index in [4.69, 9.17) is 0 Å². The van der Waals surface area contributed by atoms with Crippen molar-refractivity contribution in [3.05, 3.63) is 84.4 Å². The summed E-state index contributed by atoms with van der Waals surface area (Å²) >= 11 is 0. The van der Waals surface area contributed by atoms with E-state index in [9.17, 15) is 10.2 Å². The fourth-order valence-electron chi connectivity index (χ4n) is 2.24. The molecule has 3 N–H and O–H groups in total. The van der Waals surface area contributed by atoms with Crippen LogP contribution in [0.5, 0.6) is 0 Å². The molecule has 0 saturated heterocycles. The Hall–Kier alpha value is -1.94. The fourth-order valence-corrected chi connectivity index (χ4v) is 2.24. The Balaban J connectivity index is 2.16. The normalized spacial score (nSPS) is 13.9. The predicted octanol–water partition coefficient (Wildman–Crippen LogP) is 2.27. The topological polar surface area (TPSA) is 52.5 Å². The van der Waals surface area contributed by atoms with Gasteiger partial charge in [-0.2, -0.15) is 0 Å². The van der Waals surface area contributed by atoms with Crippen LogP contribution < -0.4 is 5.32 Å². The zero-order chi connectivity index (χ0) is 15.1. The lowest BCUT2D eigenvalue weighted by Crippen LogP contribution is -2.37. The van der Waals surface area contributed by atoms with Crippen molar-refractivity contribution < 1.29 is 10.2 Å². The van der Waals surface area contributed by atoms with Crippen molar-refractivity contribution in [2.45, 2.75) is 18.2 Å². The maximum Gasteiger partial charge on any atom is 0.0989 e. The first-order valence-corrected chi connectivity index (χ1v) is 7.04. The summed E-state index contributed by atoms with van der Waals surface area (Å²) in [6.07, 6.45) is -0.464. The van der Waals surface area contributed by atoms with E-state index in [2.05, 4.69) is 11.9 Å². The van der Waals surface area contributed by atoms with Crippen LogP contribution in [0.1, 0.15) is 17.2 Å². The lowest BCUT2D eigenvalue weighted by atomic mass is 9.98. The van der Waals surface area contributed by atoms with E-state index in [0.717, 1.165) is 11.1 Å². The van der Waals surface area contributed by atoms with Crippen LogP contribution in [0.25, 0.3) is 0 Å². The van der Waals surface area contributed by atoms with Crippen molar-refractivity contribution >= 4 is 0 Å². The summed E-state index contributed by atoms with van der Waals surface area (Å²) < 4.78 is 0. The van der Waals surface area contributed by atoms with Gasteiger partial charge in [0.05, 0.1) is 18.2 Å². The first-order valence-electron chi connectivity index (χ1n) is 7.04. The van der Waals surface area contributed by atoms with Crippen molar-refractivity contribution in [1.29, 1.82) is 0 Å². The number of aliphatic hydroxyl groups excluding tert-OH is 2. The van der Waals surface area contributed by atoms with Crippen LogP contribution in [0.2, 0.25) is 0 Å². The zero-order valence-corrected chi connectivity index (χ0v) is 11.9. The molecule has 3 heteroatoms. The van der Waals surface area contributed by atoms with Gasteiger partial charge >= 0.3 is 0 Å². The first-order chi connectivity index (χ1) is 10.2. The smallest absolute Gasteiger partial charge is 0.0989 e. The van der Waals surface area contributed by atoms with E-state index >= 15 is 0 Å². The molecule has 2 rings (SSSR count). The average Bonchev–Trinajstić information content (AvgIpc) is 2.56. The highest BCUT2D eigenvalue weighted by atomic mass is 16.3. The largest absolute Gasteiger partial charge is 0.389 e. The second kappa shape index (κ2) is 7.74. The predicted molar refractivity (Wildman–Crippen MR) is 84.9 cm³/mol. The number of hydrogen-bond donors (Lipinski definition) is 3. The van der Waals surface area contributed by atoms with Gasteiger partial charge in [-0.25, -0.2) is 0 Å². The summed E-state index contributed by atoms with van der Waals surface area (Å²) in [6, 6.07) is 20.0. The third kappa shape index (κ3) is 4.26. The lowest BCUT2D eigenvalue weighted by Gasteiger charge is -2.23. The maximum absolute atomic E-state index is 9.88. The molecule has 2 aromatic carbocycles. The summed E-state index contributed by atoms with van der Waals surface area (Å²) in [6.45, 7) is 3.77. The molecule has 2 atom stereocenters. The third-order valence-electron chi connectivity index (χ3n) is 3.43. The van der Waals surface area contributed by atoms with Gasteiger partial charge in [-0.3, -0.25) is 0 Å². The molecule has 0 saturated carbocycles. The summed E-state index contributed by atoms with van der Waals surface area (Å²) in [5, 5.41) is 22.8. The Labute approximate surface area is 125 Å². The zero-order valence-electron chi connectivity index (χ0n) is 11.9. The highest BCUT2D eigenvalue weighted by molar-refractivity contribution is 5.31. The third-order valence-corrected chi connectivity index (χ3v) is 3.43. The van der Waals surface area contributed by atoms with Gasteiger partial charge in [0.15, 0.2) is 0 Å². The average molecular weight is 283 g/mol. The van der Waals surface area contributed by atoms with Crippen LogP contribution in [0, 0.1) is 0 Å². The molecular weight excluding hydrogens is 262 g/mol. The monoisotopic (exact) mass is 283 g/mol. The standard InChI is InChI=1S/C18H21NO2/c1-2-16(20)17(21)13-19-18(14-9-5-3-6-10-14)15-11-7-4-8-12-15/h2-12,16-21H,1,13H2/t16-,17+/m1/s1. The van der Waals surface area contributed by atoms with E-state index in [1.165, 1.54) is 6.08 Å². The number of hydrogen-bond acceptors (Lipinski definition) is 3. The SMILES string of the molecule is C=C[C@@H](O)[C@@H](O)CNC(c1ccccc1)c1ccccc1. The Morgan fingerprint density at radius 1 is 0.905 bits per heavy atom.